The van der Waals surface area contributed by atoms with Crippen molar-refractivity contribution in [2.75, 3.05) is 21.1 Å². The number of nitrogens with zero attached hydrogens (tertiary/aromatic N) is 1. The Balaban J connectivity index is 2.57. The van der Waals surface area contributed by atoms with Crippen molar-refractivity contribution < 1.29 is 0 Å². The van der Waals surface area contributed by atoms with Gasteiger partial charge in [0.05, 0.1) is 0 Å². The van der Waals surface area contributed by atoms with Crippen LogP contribution in [0, 0.1) is 0 Å². The highest BCUT2D eigenvalue weighted by Crippen LogP contribution is 2.36. The second-order valence-corrected chi connectivity index (χ2v) is 6.25. The minimum Gasteiger partial charge on any atom is -0.315 e. The van der Waals surface area contributed by atoms with Gasteiger partial charge in [0, 0.05) is 11.6 Å². The van der Waals surface area contributed by atoms with Gasteiger partial charge in [0.2, 0.25) is 0 Å². The molecule has 2 nitrogen and oxygen atoms in total. The summed E-state index contributed by atoms with van der Waals surface area (Å²) in [6, 6.07) is 0.671. The van der Waals surface area contributed by atoms with Gasteiger partial charge in [-0.3, -0.25) is 0 Å². The van der Waals surface area contributed by atoms with E-state index in [2.05, 4.69) is 38.3 Å². The molecule has 0 spiro atoms. The molecular formula is C16H34N2. The molecule has 0 aromatic rings. The van der Waals surface area contributed by atoms with E-state index in [-0.39, 0.29) is 0 Å². The predicted octanol–water partition coefficient (Wildman–Crippen LogP) is 3.81. The van der Waals surface area contributed by atoms with E-state index in [1.54, 1.807) is 0 Å². The predicted molar refractivity (Wildman–Crippen MR) is 81.1 cm³/mol. The maximum atomic E-state index is 3.63. The summed E-state index contributed by atoms with van der Waals surface area (Å²) in [5.74, 6) is 0. The topological polar surface area (TPSA) is 15.3 Å². The first kappa shape index (κ1) is 16.0. The maximum absolute atomic E-state index is 3.63. The van der Waals surface area contributed by atoms with Gasteiger partial charge in [-0.2, -0.15) is 0 Å². The van der Waals surface area contributed by atoms with Gasteiger partial charge in [-0.1, -0.05) is 51.9 Å². The largest absolute Gasteiger partial charge is 0.315 e. The Labute approximate surface area is 115 Å². The highest BCUT2D eigenvalue weighted by atomic mass is 15.2. The lowest BCUT2D eigenvalue weighted by molar-refractivity contribution is 0.0554. The van der Waals surface area contributed by atoms with Crippen molar-refractivity contribution >= 4 is 0 Å². The highest BCUT2D eigenvalue weighted by molar-refractivity contribution is 4.99. The summed E-state index contributed by atoms with van der Waals surface area (Å²) < 4.78 is 0. The van der Waals surface area contributed by atoms with Gasteiger partial charge >= 0.3 is 0 Å². The van der Waals surface area contributed by atoms with Crippen LogP contribution in [0.15, 0.2) is 0 Å². The zero-order valence-electron chi connectivity index (χ0n) is 13.1. The second kappa shape index (κ2) is 8.16. The van der Waals surface area contributed by atoms with E-state index in [0.29, 0.717) is 11.6 Å². The first-order valence-corrected chi connectivity index (χ1v) is 8.02. The summed E-state index contributed by atoms with van der Waals surface area (Å²) in [5, 5.41) is 3.63. The number of likely N-dealkylation sites (N-methyl/N-ethyl adjacent to an activating group) is 2. The lowest BCUT2D eigenvalue weighted by Gasteiger charge is -2.48. The summed E-state index contributed by atoms with van der Waals surface area (Å²) in [6.45, 7) is 2.29. The molecule has 0 aliphatic heterocycles. The summed E-state index contributed by atoms with van der Waals surface area (Å²) in [7, 11) is 6.72. The van der Waals surface area contributed by atoms with Gasteiger partial charge < -0.3 is 10.2 Å². The molecule has 1 atom stereocenters. The van der Waals surface area contributed by atoms with E-state index in [4.69, 9.17) is 0 Å². The second-order valence-electron chi connectivity index (χ2n) is 6.25. The van der Waals surface area contributed by atoms with Crippen LogP contribution in [0.25, 0.3) is 0 Å². The van der Waals surface area contributed by atoms with Gasteiger partial charge in [0.15, 0.2) is 0 Å². The summed E-state index contributed by atoms with van der Waals surface area (Å²) in [4.78, 5) is 2.51. The van der Waals surface area contributed by atoms with Crippen LogP contribution in [0.2, 0.25) is 0 Å². The maximum Gasteiger partial charge on any atom is 0.0356 e. The van der Waals surface area contributed by atoms with E-state index in [1.807, 2.05) is 0 Å². The lowest BCUT2D eigenvalue weighted by Crippen LogP contribution is -2.59. The average molecular weight is 254 g/mol. The molecule has 0 heterocycles. The Morgan fingerprint density at radius 1 is 1.06 bits per heavy atom. The lowest BCUT2D eigenvalue weighted by atomic mass is 9.74. The molecule has 2 heteroatoms. The minimum absolute atomic E-state index is 0.416. The standard InChI is InChI=1S/C16H34N2/c1-5-6-7-9-12-15(17-2)16(18(3)4)13-10-8-11-14-16/h15,17H,5-14H2,1-4H3. The van der Waals surface area contributed by atoms with Crippen LogP contribution in [-0.4, -0.2) is 37.6 Å². The molecule has 0 saturated heterocycles. The van der Waals surface area contributed by atoms with E-state index >= 15 is 0 Å². The molecule has 1 unspecified atom stereocenters. The van der Waals surface area contributed by atoms with Crippen molar-refractivity contribution in [1.82, 2.24) is 10.2 Å². The molecule has 0 aromatic carbocycles. The van der Waals surface area contributed by atoms with E-state index < -0.39 is 0 Å². The molecule has 1 saturated carbocycles. The molecule has 0 bridgehead atoms. The van der Waals surface area contributed by atoms with Crippen LogP contribution in [-0.2, 0) is 0 Å². The highest BCUT2D eigenvalue weighted by Gasteiger charge is 2.40. The van der Waals surface area contributed by atoms with Crippen molar-refractivity contribution in [2.45, 2.75) is 82.7 Å². The summed E-state index contributed by atoms with van der Waals surface area (Å²) >= 11 is 0. The van der Waals surface area contributed by atoms with E-state index in [0.717, 1.165) is 0 Å². The van der Waals surface area contributed by atoms with Gasteiger partial charge in [0.25, 0.3) is 0 Å². The molecule has 1 aliphatic carbocycles. The summed E-state index contributed by atoms with van der Waals surface area (Å²) in [5.41, 5.74) is 0.416. The fraction of sp³-hybridized carbons (Fsp3) is 1.00. The third-order valence-electron chi connectivity index (χ3n) is 4.95. The molecule has 1 N–H and O–H groups in total. The normalized spacial score (nSPS) is 21.2. The number of hydrogen-bond acceptors (Lipinski definition) is 2. The number of hydrogen-bond donors (Lipinski definition) is 1. The summed E-state index contributed by atoms with van der Waals surface area (Å²) in [6.07, 6.45) is 13.9. The van der Waals surface area contributed by atoms with Crippen molar-refractivity contribution in [1.29, 1.82) is 0 Å². The van der Waals surface area contributed by atoms with Crippen LogP contribution < -0.4 is 5.32 Å². The van der Waals surface area contributed by atoms with Crippen molar-refractivity contribution in [3.05, 3.63) is 0 Å². The monoisotopic (exact) mass is 254 g/mol. The Kier molecular flexibility index (Phi) is 7.25. The van der Waals surface area contributed by atoms with Crippen LogP contribution >= 0.6 is 0 Å². The molecule has 1 fully saturated rings. The van der Waals surface area contributed by atoms with E-state index in [1.165, 1.54) is 64.2 Å². The Morgan fingerprint density at radius 3 is 2.22 bits per heavy atom. The fourth-order valence-corrected chi connectivity index (χ4v) is 3.73. The Morgan fingerprint density at radius 2 is 1.72 bits per heavy atom. The zero-order chi connectivity index (χ0) is 13.4. The van der Waals surface area contributed by atoms with Gasteiger partial charge in [-0.05, 0) is 40.4 Å². The molecule has 1 aliphatic rings. The zero-order valence-corrected chi connectivity index (χ0v) is 13.1. The first-order valence-electron chi connectivity index (χ1n) is 8.02. The molecule has 18 heavy (non-hydrogen) atoms. The average Bonchev–Trinajstić information content (AvgIpc) is 2.39. The van der Waals surface area contributed by atoms with Crippen molar-refractivity contribution in [2.24, 2.45) is 0 Å². The van der Waals surface area contributed by atoms with Crippen molar-refractivity contribution in [3.63, 3.8) is 0 Å². The van der Waals surface area contributed by atoms with Gasteiger partial charge in [-0.15, -0.1) is 0 Å². The molecule has 0 amide bonds. The van der Waals surface area contributed by atoms with Crippen LogP contribution in [0.4, 0.5) is 0 Å². The molecular weight excluding hydrogens is 220 g/mol. The van der Waals surface area contributed by atoms with Crippen molar-refractivity contribution in [3.8, 4) is 0 Å². The van der Waals surface area contributed by atoms with Crippen LogP contribution in [0.1, 0.15) is 71.1 Å². The van der Waals surface area contributed by atoms with E-state index in [9.17, 15) is 0 Å². The number of unbranched alkanes of at least 4 members (excludes halogenated alkanes) is 3. The minimum atomic E-state index is 0.416. The third-order valence-corrected chi connectivity index (χ3v) is 4.95. The van der Waals surface area contributed by atoms with Gasteiger partial charge in [0.1, 0.15) is 0 Å². The SMILES string of the molecule is CCCCCCC(NC)C1(N(C)C)CCCCC1. The fourth-order valence-electron chi connectivity index (χ4n) is 3.73. The van der Waals surface area contributed by atoms with Crippen LogP contribution in [0.5, 0.6) is 0 Å². The smallest absolute Gasteiger partial charge is 0.0356 e. The molecule has 1 rings (SSSR count). The third kappa shape index (κ3) is 3.96. The number of nitrogens with one attached hydrogen (secondary N) is 1. The Bertz CT molecular complexity index is 207. The molecule has 0 radical (unpaired) electrons. The van der Waals surface area contributed by atoms with Gasteiger partial charge in [-0.25, -0.2) is 0 Å². The van der Waals surface area contributed by atoms with Crippen LogP contribution in [0.3, 0.4) is 0 Å². The number of rotatable bonds is 8. The first-order chi connectivity index (χ1) is 8.67. The molecule has 108 valence electrons. The Hall–Kier alpha value is -0.0800. The molecule has 0 aromatic heterocycles. The quantitative estimate of drug-likeness (QED) is 0.663.